The van der Waals surface area contributed by atoms with Crippen molar-refractivity contribution in [1.82, 2.24) is 0 Å². The van der Waals surface area contributed by atoms with Crippen molar-refractivity contribution in [2.24, 2.45) is 0 Å². The quantitative estimate of drug-likeness (QED) is 0.442. The Hall–Kier alpha value is -0.700. The second-order valence-electron chi connectivity index (χ2n) is 2.28. The molecule has 8 heteroatoms. The molecule has 0 aromatic carbocycles. The largest absolute Gasteiger partial charge is 0.286 e. The lowest BCUT2D eigenvalue weighted by molar-refractivity contribution is 0.473. The fourth-order valence-corrected chi connectivity index (χ4v) is 1.71. The van der Waals surface area contributed by atoms with Gasteiger partial charge in [0.2, 0.25) is 0 Å². The van der Waals surface area contributed by atoms with Crippen molar-refractivity contribution in [3.05, 3.63) is 26.3 Å². The topological polar surface area (TPSA) is 109 Å². The third kappa shape index (κ3) is 29.2. The van der Waals surface area contributed by atoms with E-state index in [9.17, 15) is 16.8 Å². The van der Waals surface area contributed by atoms with Crippen molar-refractivity contribution in [3.8, 4) is 0 Å². The van der Waals surface area contributed by atoms with E-state index in [1.165, 1.54) is 0 Å². The average Bonchev–Trinajstić information content (AvgIpc) is 2.16. The van der Waals surface area contributed by atoms with Gasteiger partial charge in [-0.15, -0.1) is 26.3 Å². The van der Waals surface area contributed by atoms with E-state index in [1.54, 1.807) is 0 Å². The molecule has 0 fully saturated rings. The normalized spacial score (nSPS) is 10.4. The van der Waals surface area contributed by atoms with Gasteiger partial charge in [-0.3, -0.25) is 9.11 Å². The van der Waals surface area contributed by atoms with Crippen LogP contribution >= 0.6 is 0 Å². The van der Waals surface area contributed by atoms with Crippen molar-refractivity contribution in [2.75, 3.05) is 11.5 Å². The molecule has 0 amide bonds. The van der Waals surface area contributed by atoms with E-state index in [2.05, 4.69) is 26.3 Å². The molecule has 0 radical (unpaired) electrons. The third-order valence-corrected chi connectivity index (χ3v) is 2.66. The molecule has 6 nitrogen and oxygen atoms in total. The molecule has 0 atom stereocenters. The highest BCUT2D eigenvalue weighted by molar-refractivity contribution is 7.86. The highest BCUT2D eigenvalue weighted by Crippen LogP contribution is 1.96. The van der Waals surface area contributed by atoms with Gasteiger partial charge in [-0.1, -0.05) is 0 Å². The van der Waals surface area contributed by atoms with Crippen molar-refractivity contribution in [2.45, 2.75) is 12.8 Å². The molecule has 16 heavy (non-hydrogen) atoms. The van der Waals surface area contributed by atoms with E-state index in [1.807, 2.05) is 0 Å². The molecular formula is C8H18O6S2. The number of unbranched alkanes of at least 4 members (excludes halogenated alkanes) is 1. The van der Waals surface area contributed by atoms with Crippen LogP contribution in [0.1, 0.15) is 12.8 Å². The molecule has 0 spiro atoms. The Bertz CT molecular complexity index is 307. The fourth-order valence-electron chi connectivity index (χ4n) is 0.569. The number of hydrogen-bond acceptors (Lipinski definition) is 4. The molecule has 0 aliphatic carbocycles. The van der Waals surface area contributed by atoms with Gasteiger partial charge in [0.1, 0.15) is 0 Å². The Morgan fingerprint density at radius 3 is 1.00 bits per heavy atom. The van der Waals surface area contributed by atoms with E-state index in [0.29, 0.717) is 0 Å². The van der Waals surface area contributed by atoms with E-state index in [4.69, 9.17) is 9.11 Å². The highest BCUT2D eigenvalue weighted by Gasteiger charge is 2.07. The Balaban J connectivity index is -0.000000376. The summed E-state index contributed by atoms with van der Waals surface area (Å²) in [5, 5.41) is 0. The predicted octanol–water partition coefficient (Wildman–Crippen LogP) is 1.15. The Kier molecular flexibility index (Phi) is 14.0. The van der Waals surface area contributed by atoms with Crippen molar-refractivity contribution < 1.29 is 25.9 Å². The van der Waals surface area contributed by atoms with Gasteiger partial charge >= 0.3 is 0 Å². The first kappa shape index (κ1) is 20.7. The van der Waals surface area contributed by atoms with Crippen molar-refractivity contribution in [1.29, 1.82) is 0 Å². The molecule has 0 heterocycles. The van der Waals surface area contributed by atoms with Gasteiger partial charge in [0.25, 0.3) is 20.2 Å². The monoisotopic (exact) mass is 274 g/mol. The molecule has 98 valence electrons. The van der Waals surface area contributed by atoms with Crippen LogP contribution in [0.25, 0.3) is 0 Å². The van der Waals surface area contributed by atoms with Gasteiger partial charge in [-0.2, -0.15) is 16.8 Å². The Morgan fingerprint density at radius 2 is 0.875 bits per heavy atom. The second-order valence-corrected chi connectivity index (χ2v) is 5.42. The first-order valence-electron chi connectivity index (χ1n) is 4.11. The van der Waals surface area contributed by atoms with Gasteiger partial charge in [0.05, 0.1) is 11.5 Å². The molecule has 0 aromatic heterocycles. The predicted molar refractivity (Wildman–Crippen MR) is 64.6 cm³/mol. The molecule has 0 bridgehead atoms. The Labute approximate surface area is 97.2 Å². The van der Waals surface area contributed by atoms with Crippen molar-refractivity contribution in [3.63, 3.8) is 0 Å². The zero-order valence-corrected chi connectivity index (χ0v) is 10.6. The van der Waals surface area contributed by atoms with Gasteiger partial charge in [0, 0.05) is 0 Å². The average molecular weight is 274 g/mol. The van der Waals surface area contributed by atoms with Crippen LogP contribution in [0.2, 0.25) is 0 Å². The third-order valence-electron chi connectivity index (χ3n) is 1.05. The summed E-state index contributed by atoms with van der Waals surface area (Å²) in [6.07, 6.45) is 0.0250. The van der Waals surface area contributed by atoms with Gasteiger partial charge < -0.3 is 0 Å². The maximum atomic E-state index is 10.1. The summed E-state index contributed by atoms with van der Waals surface area (Å²) in [5.74, 6) is -0.967. The number of rotatable bonds is 5. The minimum Gasteiger partial charge on any atom is -0.286 e. The lowest BCUT2D eigenvalue weighted by Crippen LogP contribution is -2.08. The molecule has 0 aliphatic rings. The van der Waals surface area contributed by atoms with Crippen LogP contribution in [0.5, 0.6) is 0 Å². The minimum atomic E-state index is -4.02. The summed E-state index contributed by atoms with van der Waals surface area (Å²) in [6, 6.07) is 0. The first-order chi connectivity index (χ1) is 7.21. The van der Waals surface area contributed by atoms with Crippen LogP contribution in [0.3, 0.4) is 0 Å². The summed E-state index contributed by atoms with van der Waals surface area (Å²) >= 11 is 0. The lowest BCUT2D eigenvalue weighted by Gasteiger charge is -1.96. The molecule has 0 aromatic rings. The minimum absolute atomic E-state index is 0.0125. The summed E-state index contributed by atoms with van der Waals surface area (Å²) in [5.41, 5.74) is 0. The molecule has 0 saturated heterocycles. The summed E-state index contributed by atoms with van der Waals surface area (Å²) in [6.45, 7) is 12.0. The summed E-state index contributed by atoms with van der Waals surface area (Å²) in [7, 11) is -8.04. The van der Waals surface area contributed by atoms with Gasteiger partial charge in [0.15, 0.2) is 0 Å². The fraction of sp³-hybridized carbons (Fsp3) is 0.500. The van der Waals surface area contributed by atoms with Crippen LogP contribution in [-0.4, -0.2) is 37.4 Å². The first-order valence-corrected chi connectivity index (χ1v) is 7.33. The van der Waals surface area contributed by atoms with Crippen LogP contribution in [0.4, 0.5) is 0 Å². The van der Waals surface area contributed by atoms with E-state index >= 15 is 0 Å². The molecular weight excluding hydrogens is 256 g/mol. The smallest absolute Gasteiger partial charge is 0.264 e. The summed E-state index contributed by atoms with van der Waals surface area (Å²) in [4.78, 5) is 0. The van der Waals surface area contributed by atoms with E-state index < -0.39 is 31.7 Å². The molecule has 2 N–H and O–H groups in total. The van der Waals surface area contributed by atoms with Gasteiger partial charge in [-0.05, 0) is 12.8 Å². The standard InChI is InChI=1S/C4H10O6S2.2C2H4/c5-11(6,7)3-1-2-4-12(8,9)10;2*1-2/h1-4H2,(H,5,6,7)(H,8,9,10);2*1-2H2. The molecule has 0 saturated carbocycles. The zero-order chi connectivity index (χ0) is 13.8. The van der Waals surface area contributed by atoms with E-state index in [-0.39, 0.29) is 12.8 Å². The van der Waals surface area contributed by atoms with Crippen LogP contribution in [0, 0.1) is 0 Å². The lowest BCUT2D eigenvalue weighted by atomic mass is 10.4. The van der Waals surface area contributed by atoms with Crippen LogP contribution in [0.15, 0.2) is 26.3 Å². The van der Waals surface area contributed by atoms with Crippen molar-refractivity contribution >= 4 is 20.2 Å². The highest BCUT2D eigenvalue weighted by atomic mass is 32.2. The molecule has 0 unspecified atom stereocenters. The number of hydrogen-bond donors (Lipinski definition) is 2. The SMILES string of the molecule is C=C.C=C.O=S(=O)(O)CCCCS(=O)(=O)O. The summed E-state index contributed by atoms with van der Waals surface area (Å²) < 4.78 is 56.8. The second kappa shape index (κ2) is 10.8. The maximum Gasteiger partial charge on any atom is 0.264 e. The van der Waals surface area contributed by atoms with E-state index in [0.717, 1.165) is 0 Å². The molecule has 0 rings (SSSR count). The van der Waals surface area contributed by atoms with Crippen LogP contribution < -0.4 is 0 Å². The Morgan fingerprint density at radius 1 is 0.688 bits per heavy atom. The van der Waals surface area contributed by atoms with Crippen LogP contribution in [-0.2, 0) is 20.2 Å². The maximum absolute atomic E-state index is 10.1. The van der Waals surface area contributed by atoms with Gasteiger partial charge in [-0.25, -0.2) is 0 Å². The zero-order valence-electron chi connectivity index (χ0n) is 9.00. The molecule has 0 aliphatic heterocycles.